The van der Waals surface area contributed by atoms with Gasteiger partial charge >= 0.3 is 6.09 Å². The topological polar surface area (TPSA) is 72.7 Å². The fourth-order valence-electron chi connectivity index (χ4n) is 2.54. The Hall–Kier alpha value is -1.24. The molecule has 2 N–H and O–H groups in total. The lowest BCUT2D eigenvalue weighted by molar-refractivity contribution is -0.0442. The summed E-state index contributed by atoms with van der Waals surface area (Å²) in [7, 11) is 0. The van der Waals surface area contributed by atoms with Crippen LogP contribution < -0.4 is 10.6 Å². The summed E-state index contributed by atoms with van der Waals surface area (Å²) in [5.41, 5.74) is -0.513. The molecule has 2 rings (SSSR count). The molecule has 1 aliphatic carbocycles. The van der Waals surface area contributed by atoms with Crippen molar-refractivity contribution in [2.75, 3.05) is 6.61 Å². The molecule has 0 bridgehead atoms. The van der Waals surface area contributed by atoms with Gasteiger partial charge in [-0.2, -0.15) is 0 Å². The second-order valence-corrected chi connectivity index (χ2v) is 6.97. The van der Waals surface area contributed by atoms with E-state index < -0.39 is 11.7 Å². The number of carbonyl (C=O) groups is 1. The van der Waals surface area contributed by atoms with Gasteiger partial charge in [-0.1, -0.05) is 0 Å². The highest BCUT2D eigenvalue weighted by atomic mass is 35.5. The molecule has 1 aromatic heterocycles. The minimum Gasteiger partial charge on any atom is -0.448 e. The minimum absolute atomic E-state index is 0.00587. The predicted octanol–water partition coefficient (Wildman–Crippen LogP) is 3.09. The van der Waals surface area contributed by atoms with Crippen molar-refractivity contribution in [3.05, 3.63) is 23.1 Å². The summed E-state index contributed by atoms with van der Waals surface area (Å²) in [6, 6.07) is 3.49. The fraction of sp³-hybridized carbons (Fsp3) is 0.688. The van der Waals surface area contributed by atoms with Crippen LogP contribution in [0.2, 0.25) is 5.22 Å². The SMILES string of the molecule is CCOC1CC(NC(=O)OC(C)(C)C)C1NCc1ccc(Cl)o1. The highest BCUT2D eigenvalue weighted by molar-refractivity contribution is 6.28. The highest BCUT2D eigenvalue weighted by Gasteiger charge is 2.43. The number of nitrogens with one attached hydrogen (secondary N) is 2. The predicted molar refractivity (Wildman–Crippen MR) is 87.5 cm³/mol. The van der Waals surface area contributed by atoms with Crippen LogP contribution >= 0.6 is 11.6 Å². The molecule has 1 aliphatic rings. The molecule has 23 heavy (non-hydrogen) atoms. The molecule has 3 atom stereocenters. The lowest BCUT2D eigenvalue weighted by Gasteiger charge is -2.44. The molecular formula is C16H25ClN2O4. The molecule has 0 aromatic carbocycles. The van der Waals surface area contributed by atoms with Crippen LogP contribution in [-0.2, 0) is 16.0 Å². The molecule has 0 spiro atoms. The van der Waals surface area contributed by atoms with Crippen molar-refractivity contribution >= 4 is 17.7 Å². The number of rotatable bonds is 6. The second-order valence-electron chi connectivity index (χ2n) is 6.59. The van der Waals surface area contributed by atoms with Crippen LogP contribution in [0.3, 0.4) is 0 Å². The van der Waals surface area contributed by atoms with Gasteiger partial charge in [0.1, 0.15) is 11.4 Å². The van der Waals surface area contributed by atoms with Gasteiger partial charge in [-0.25, -0.2) is 4.79 Å². The third kappa shape index (κ3) is 5.41. The first-order valence-corrected chi connectivity index (χ1v) is 8.25. The number of ether oxygens (including phenoxy) is 2. The van der Waals surface area contributed by atoms with Crippen molar-refractivity contribution in [1.29, 1.82) is 0 Å². The van der Waals surface area contributed by atoms with Crippen molar-refractivity contribution in [3.63, 3.8) is 0 Å². The van der Waals surface area contributed by atoms with Gasteiger partial charge in [0.2, 0.25) is 0 Å². The van der Waals surface area contributed by atoms with Gasteiger partial charge in [0.15, 0.2) is 5.22 Å². The van der Waals surface area contributed by atoms with Crippen LogP contribution in [0.25, 0.3) is 0 Å². The smallest absolute Gasteiger partial charge is 0.407 e. The van der Waals surface area contributed by atoms with Crippen molar-refractivity contribution in [2.24, 2.45) is 0 Å². The van der Waals surface area contributed by atoms with Gasteiger partial charge in [0, 0.05) is 6.61 Å². The molecule has 1 fully saturated rings. The Kier molecular flexibility index (Phi) is 5.95. The van der Waals surface area contributed by atoms with Gasteiger partial charge in [-0.3, -0.25) is 0 Å². The van der Waals surface area contributed by atoms with E-state index in [-0.39, 0.29) is 18.2 Å². The first-order chi connectivity index (χ1) is 10.8. The van der Waals surface area contributed by atoms with Crippen molar-refractivity contribution < 1.29 is 18.7 Å². The Bertz CT molecular complexity index is 526. The number of halogens is 1. The summed E-state index contributed by atoms with van der Waals surface area (Å²) < 4.78 is 16.3. The maximum Gasteiger partial charge on any atom is 0.407 e. The molecule has 1 amide bonds. The first kappa shape index (κ1) is 18.1. The van der Waals surface area contributed by atoms with Crippen molar-refractivity contribution in [1.82, 2.24) is 10.6 Å². The van der Waals surface area contributed by atoms with E-state index in [4.69, 9.17) is 25.5 Å². The van der Waals surface area contributed by atoms with Gasteiger partial charge in [0.25, 0.3) is 0 Å². The molecule has 0 aliphatic heterocycles. The monoisotopic (exact) mass is 344 g/mol. The normalized spacial score (nSPS) is 24.1. The minimum atomic E-state index is -0.513. The van der Waals surface area contributed by atoms with Gasteiger partial charge in [0.05, 0.1) is 24.7 Å². The van der Waals surface area contributed by atoms with Crippen molar-refractivity contribution in [2.45, 2.75) is 64.4 Å². The third-order valence-electron chi connectivity index (χ3n) is 3.54. The number of carbonyl (C=O) groups excluding carboxylic acids is 1. The molecule has 0 saturated heterocycles. The number of alkyl carbamates (subject to hydrolysis) is 1. The zero-order valence-corrected chi connectivity index (χ0v) is 14.8. The zero-order valence-electron chi connectivity index (χ0n) is 14.0. The van der Waals surface area contributed by atoms with Crippen LogP contribution in [0, 0.1) is 0 Å². The largest absolute Gasteiger partial charge is 0.448 e. The zero-order chi connectivity index (χ0) is 17.0. The quantitative estimate of drug-likeness (QED) is 0.829. The van der Waals surface area contributed by atoms with Crippen molar-refractivity contribution in [3.8, 4) is 0 Å². The summed E-state index contributed by atoms with van der Waals surface area (Å²) in [4.78, 5) is 11.9. The molecule has 6 nitrogen and oxygen atoms in total. The maximum absolute atomic E-state index is 11.9. The molecule has 130 valence electrons. The summed E-state index contributed by atoms with van der Waals surface area (Å²) in [6.07, 6.45) is 0.402. The molecule has 3 unspecified atom stereocenters. The summed E-state index contributed by atoms with van der Waals surface area (Å²) >= 11 is 5.77. The second kappa shape index (κ2) is 7.55. The Morgan fingerprint density at radius 1 is 1.43 bits per heavy atom. The Balaban J connectivity index is 1.87. The van der Waals surface area contributed by atoms with Crippen LogP contribution in [0.4, 0.5) is 4.79 Å². The van der Waals surface area contributed by atoms with Gasteiger partial charge in [-0.05, 0) is 57.8 Å². The van der Waals surface area contributed by atoms with E-state index in [2.05, 4.69) is 10.6 Å². The summed E-state index contributed by atoms with van der Waals surface area (Å²) in [5, 5.41) is 6.61. The molecule has 7 heteroatoms. The lowest BCUT2D eigenvalue weighted by atomic mass is 9.82. The molecule has 1 aromatic rings. The van der Waals surface area contributed by atoms with E-state index in [1.54, 1.807) is 6.07 Å². The Labute approximate surface area is 141 Å². The Morgan fingerprint density at radius 2 is 2.17 bits per heavy atom. The first-order valence-electron chi connectivity index (χ1n) is 7.87. The van der Waals surface area contributed by atoms with E-state index >= 15 is 0 Å². The highest BCUT2D eigenvalue weighted by Crippen LogP contribution is 2.26. The lowest BCUT2D eigenvalue weighted by Crippen LogP contribution is -2.66. The fourth-order valence-corrected chi connectivity index (χ4v) is 2.70. The number of furan rings is 1. The number of amides is 1. The average molecular weight is 345 g/mol. The standard InChI is InChI=1S/C16H25ClN2O4/c1-5-21-12-8-11(19-15(20)23-16(2,3)4)14(12)18-9-10-6-7-13(17)22-10/h6-7,11-12,14,18H,5,8-9H2,1-4H3,(H,19,20). The van der Waals surface area contributed by atoms with Crippen LogP contribution in [0.15, 0.2) is 16.5 Å². The van der Waals surface area contributed by atoms with Crippen LogP contribution in [0.5, 0.6) is 0 Å². The van der Waals surface area contributed by atoms with E-state index in [0.29, 0.717) is 18.4 Å². The molecule has 1 heterocycles. The van der Waals surface area contributed by atoms with E-state index in [9.17, 15) is 4.79 Å². The van der Waals surface area contributed by atoms with E-state index in [0.717, 1.165) is 12.2 Å². The summed E-state index contributed by atoms with van der Waals surface area (Å²) in [6.45, 7) is 8.63. The van der Waals surface area contributed by atoms with E-state index in [1.807, 2.05) is 33.8 Å². The third-order valence-corrected chi connectivity index (χ3v) is 3.75. The molecule has 1 saturated carbocycles. The van der Waals surface area contributed by atoms with Gasteiger partial charge < -0.3 is 24.5 Å². The van der Waals surface area contributed by atoms with Crippen LogP contribution in [0.1, 0.15) is 39.9 Å². The molecule has 0 radical (unpaired) electrons. The number of hydrogen-bond donors (Lipinski definition) is 2. The average Bonchev–Trinajstić information content (AvgIpc) is 2.81. The summed E-state index contributed by atoms with van der Waals surface area (Å²) in [5.74, 6) is 0.744. The maximum atomic E-state index is 11.9. The Morgan fingerprint density at radius 3 is 2.74 bits per heavy atom. The van der Waals surface area contributed by atoms with Gasteiger partial charge in [-0.15, -0.1) is 0 Å². The van der Waals surface area contributed by atoms with E-state index in [1.165, 1.54) is 0 Å². The van der Waals surface area contributed by atoms with Crippen LogP contribution in [-0.4, -0.2) is 36.5 Å². The number of hydrogen-bond acceptors (Lipinski definition) is 5. The molecular weight excluding hydrogens is 320 g/mol.